The summed E-state index contributed by atoms with van der Waals surface area (Å²) in [6.45, 7) is 0.196. The van der Waals surface area contributed by atoms with Crippen LogP contribution in [-0.2, 0) is 12.8 Å². The summed E-state index contributed by atoms with van der Waals surface area (Å²) in [5.74, 6) is -0.649. The highest BCUT2D eigenvalue weighted by Gasteiger charge is 2.30. The fraction of sp³-hybridized carbons (Fsp3) is 0.0909. The van der Waals surface area contributed by atoms with Crippen LogP contribution in [0.25, 0.3) is 0 Å². The van der Waals surface area contributed by atoms with Gasteiger partial charge in [-0.25, -0.2) is 9.82 Å². The molecule has 0 saturated carbocycles. The Labute approximate surface area is 169 Å². The van der Waals surface area contributed by atoms with Crippen LogP contribution in [-0.4, -0.2) is 12.1 Å². The quantitative estimate of drug-likeness (QED) is 0.342. The van der Waals surface area contributed by atoms with Gasteiger partial charge in [0.25, 0.3) is 5.91 Å². The number of ether oxygens (including phenoxy) is 1. The third-order valence-electron chi connectivity index (χ3n) is 4.05. The van der Waals surface area contributed by atoms with Crippen LogP contribution in [0.3, 0.4) is 0 Å². The topological polar surface area (TPSA) is 50.7 Å². The number of hydrogen-bond donors (Lipinski definition) is 1. The van der Waals surface area contributed by atoms with Crippen LogP contribution in [0.15, 0.2) is 77.9 Å². The number of rotatable bonds is 6. The average Bonchev–Trinajstić information content (AvgIpc) is 2.73. The molecular weight excluding hydrogens is 400 g/mol. The lowest BCUT2D eigenvalue weighted by Crippen LogP contribution is -2.18. The van der Waals surface area contributed by atoms with Crippen LogP contribution in [0, 0.1) is 5.82 Å². The van der Waals surface area contributed by atoms with Gasteiger partial charge in [-0.1, -0.05) is 30.3 Å². The number of carbonyl (C=O) groups is 1. The van der Waals surface area contributed by atoms with Crippen LogP contribution in [0.2, 0.25) is 0 Å². The zero-order valence-corrected chi connectivity index (χ0v) is 15.5. The number of benzene rings is 3. The molecule has 0 fully saturated rings. The van der Waals surface area contributed by atoms with Crippen LogP contribution >= 0.6 is 0 Å². The summed E-state index contributed by atoms with van der Waals surface area (Å²) in [5, 5.41) is 3.80. The lowest BCUT2D eigenvalue weighted by Gasteiger charge is -2.09. The molecule has 0 aliphatic heterocycles. The van der Waals surface area contributed by atoms with E-state index in [4.69, 9.17) is 4.74 Å². The Morgan fingerprint density at radius 2 is 1.73 bits per heavy atom. The summed E-state index contributed by atoms with van der Waals surface area (Å²) in [6.07, 6.45) is -3.22. The van der Waals surface area contributed by atoms with Gasteiger partial charge < -0.3 is 4.74 Å². The number of alkyl halides is 3. The molecule has 0 bridgehead atoms. The second-order valence-electron chi connectivity index (χ2n) is 6.23. The van der Waals surface area contributed by atoms with E-state index in [-0.39, 0.29) is 18.0 Å². The van der Waals surface area contributed by atoms with Crippen molar-refractivity contribution in [1.82, 2.24) is 5.43 Å². The van der Waals surface area contributed by atoms with Gasteiger partial charge in [0.2, 0.25) is 0 Å². The number of nitrogens with one attached hydrogen (secondary N) is 1. The molecular formula is C22H16F4N2O2. The summed E-state index contributed by atoms with van der Waals surface area (Å²) in [6, 6.07) is 16.8. The molecule has 0 aromatic heterocycles. The van der Waals surface area contributed by atoms with Crippen LogP contribution in [0.5, 0.6) is 5.75 Å². The number of para-hydroxylation sites is 1. The predicted molar refractivity (Wildman–Crippen MR) is 104 cm³/mol. The molecule has 0 saturated heterocycles. The van der Waals surface area contributed by atoms with Crippen molar-refractivity contribution in [2.75, 3.05) is 0 Å². The fourth-order valence-corrected chi connectivity index (χ4v) is 2.52. The van der Waals surface area contributed by atoms with Crippen molar-refractivity contribution < 1.29 is 27.1 Å². The van der Waals surface area contributed by atoms with E-state index in [1.165, 1.54) is 24.4 Å². The highest BCUT2D eigenvalue weighted by Crippen LogP contribution is 2.29. The Bertz CT molecular complexity index is 1050. The van der Waals surface area contributed by atoms with Gasteiger partial charge in [0.15, 0.2) is 0 Å². The number of nitrogens with zero attached hydrogens (tertiary/aromatic N) is 1. The number of hydrazone groups is 1. The maximum atomic E-state index is 13.0. The molecule has 154 valence electrons. The van der Waals surface area contributed by atoms with Crippen LogP contribution in [0.1, 0.15) is 27.0 Å². The van der Waals surface area contributed by atoms with E-state index in [2.05, 4.69) is 10.5 Å². The molecule has 0 unspecified atom stereocenters. The molecule has 1 N–H and O–H groups in total. The second kappa shape index (κ2) is 9.21. The molecule has 1 amide bonds. The van der Waals surface area contributed by atoms with Crippen molar-refractivity contribution >= 4 is 12.1 Å². The first kappa shape index (κ1) is 21.0. The van der Waals surface area contributed by atoms with Crippen LogP contribution in [0.4, 0.5) is 17.6 Å². The van der Waals surface area contributed by atoms with Crippen LogP contribution < -0.4 is 10.2 Å². The van der Waals surface area contributed by atoms with E-state index in [1.54, 1.807) is 36.4 Å². The summed E-state index contributed by atoms with van der Waals surface area (Å²) in [7, 11) is 0. The molecule has 4 nitrogen and oxygen atoms in total. The number of carbonyl (C=O) groups excluding carboxylic acids is 1. The Morgan fingerprint density at radius 3 is 2.47 bits per heavy atom. The smallest absolute Gasteiger partial charge is 0.416 e. The Balaban J connectivity index is 1.65. The normalized spacial score (nSPS) is 11.5. The minimum Gasteiger partial charge on any atom is -0.488 e. The molecule has 3 rings (SSSR count). The monoisotopic (exact) mass is 416 g/mol. The summed E-state index contributed by atoms with van der Waals surface area (Å²) < 4.78 is 57.0. The average molecular weight is 416 g/mol. The van der Waals surface area contributed by atoms with Gasteiger partial charge in [-0.3, -0.25) is 4.79 Å². The first-order valence-electron chi connectivity index (χ1n) is 8.80. The standard InChI is InChI=1S/C22H16F4N2O2/c23-19-10-8-15(9-11-19)14-30-20-7-2-1-4-17(20)13-27-28-21(29)16-5-3-6-18(12-16)22(24,25)26/h1-13H,14H2,(H,28,29)/b27-13-. The van der Waals surface area contributed by atoms with Crippen molar-refractivity contribution in [2.45, 2.75) is 12.8 Å². The maximum absolute atomic E-state index is 13.0. The second-order valence-corrected chi connectivity index (χ2v) is 6.23. The zero-order chi connectivity index (χ0) is 21.6. The molecule has 0 spiro atoms. The third kappa shape index (κ3) is 5.66. The van der Waals surface area contributed by atoms with E-state index in [1.807, 2.05) is 0 Å². The Hall–Kier alpha value is -3.68. The molecule has 3 aromatic carbocycles. The molecule has 0 radical (unpaired) electrons. The van der Waals surface area contributed by atoms with Gasteiger partial charge in [-0.05, 0) is 48.0 Å². The lowest BCUT2D eigenvalue weighted by molar-refractivity contribution is -0.137. The Kier molecular flexibility index (Phi) is 6.46. The van der Waals surface area contributed by atoms with Gasteiger partial charge in [0.05, 0.1) is 11.8 Å². The molecule has 0 aliphatic carbocycles. The van der Waals surface area contributed by atoms with Crippen molar-refractivity contribution in [3.05, 3.63) is 101 Å². The van der Waals surface area contributed by atoms with Crippen molar-refractivity contribution in [3.8, 4) is 5.75 Å². The van der Waals surface area contributed by atoms with Crippen molar-refractivity contribution in [3.63, 3.8) is 0 Å². The predicted octanol–water partition coefficient (Wildman–Crippen LogP) is 5.19. The molecule has 0 heterocycles. The van der Waals surface area contributed by atoms with Gasteiger partial charge in [0, 0.05) is 11.1 Å². The third-order valence-corrected chi connectivity index (χ3v) is 4.05. The van der Waals surface area contributed by atoms with E-state index < -0.39 is 17.6 Å². The first-order chi connectivity index (χ1) is 14.3. The largest absolute Gasteiger partial charge is 0.488 e. The summed E-state index contributed by atoms with van der Waals surface area (Å²) >= 11 is 0. The number of halogens is 4. The van der Waals surface area contributed by atoms with E-state index >= 15 is 0 Å². The highest BCUT2D eigenvalue weighted by molar-refractivity contribution is 5.95. The van der Waals surface area contributed by atoms with E-state index in [0.717, 1.165) is 23.8 Å². The number of amides is 1. The van der Waals surface area contributed by atoms with Gasteiger partial charge in [-0.15, -0.1) is 0 Å². The van der Waals surface area contributed by atoms with E-state index in [0.29, 0.717) is 11.3 Å². The minimum atomic E-state index is -4.54. The zero-order valence-electron chi connectivity index (χ0n) is 15.5. The summed E-state index contributed by atoms with van der Waals surface area (Å²) in [4.78, 5) is 12.1. The Morgan fingerprint density at radius 1 is 1.00 bits per heavy atom. The van der Waals surface area contributed by atoms with Crippen molar-refractivity contribution in [1.29, 1.82) is 0 Å². The summed E-state index contributed by atoms with van der Waals surface area (Å²) in [5.41, 5.74) is 2.43. The molecule has 8 heteroatoms. The molecule has 30 heavy (non-hydrogen) atoms. The first-order valence-corrected chi connectivity index (χ1v) is 8.80. The maximum Gasteiger partial charge on any atom is 0.416 e. The fourth-order valence-electron chi connectivity index (χ4n) is 2.52. The molecule has 0 atom stereocenters. The lowest BCUT2D eigenvalue weighted by atomic mass is 10.1. The van der Waals surface area contributed by atoms with Gasteiger partial charge in [0.1, 0.15) is 18.2 Å². The molecule has 0 aliphatic rings. The van der Waals surface area contributed by atoms with Gasteiger partial charge >= 0.3 is 6.18 Å². The minimum absolute atomic E-state index is 0.164. The number of hydrogen-bond acceptors (Lipinski definition) is 3. The van der Waals surface area contributed by atoms with E-state index in [9.17, 15) is 22.4 Å². The highest BCUT2D eigenvalue weighted by atomic mass is 19.4. The van der Waals surface area contributed by atoms with Crippen molar-refractivity contribution in [2.24, 2.45) is 5.10 Å². The van der Waals surface area contributed by atoms with Gasteiger partial charge in [-0.2, -0.15) is 18.3 Å². The SMILES string of the molecule is O=C(N/N=C\c1ccccc1OCc1ccc(F)cc1)c1cccc(C(F)(F)F)c1. The molecule has 3 aromatic rings.